The molecule has 0 saturated carbocycles. The number of nitrogens with zero attached hydrogens (tertiary/aromatic N) is 2. The molecule has 1 aromatic heterocycles. The van der Waals surface area contributed by atoms with Gasteiger partial charge >= 0.3 is 0 Å². The van der Waals surface area contributed by atoms with Gasteiger partial charge in [-0.3, -0.25) is 14.5 Å². The summed E-state index contributed by atoms with van der Waals surface area (Å²) in [5.41, 5.74) is 2.36. The molecule has 22 heavy (non-hydrogen) atoms. The monoisotopic (exact) mass is 300 g/mol. The standard InChI is InChI=1S/C16H20N4O2/c1-11-4-6-12(7-5-11)15(20(2)3)16(22)17-9-13-8-14(21)19-10-18-13/h4-8,10,15H,9H2,1-3H3,(H,17,22)(H,18,19,21)/t15-/m1/s1. The molecule has 6 nitrogen and oxygen atoms in total. The van der Waals surface area contributed by atoms with Crippen LogP contribution in [0.15, 0.2) is 41.5 Å². The van der Waals surface area contributed by atoms with Crippen LogP contribution in [0.5, 0.6) is 0 Å². The first-order valence-electron chi connectivity index (χ1n) is 7.01. The maximum atomic E-state index is 12.5. The number of likely N-dealkylation sites (N-methyl/N-ethyl adjacent to an activating group) is 1. The van der Waals surface area contributed by atoms with Crippen molar-refractivity contribution in [1.29, 1.82) is 0 Å². The van der Waals surface area contributed by atoms with Crippen molar-refractivity contribution in [2.24, 2.45) is 0 Å². The first kappa shape index (κ1) is 15.9. The molecule has 0 radical (unpaired) electrons. The average Bonchev–Trinajstić information content (AvgIpc) is 2.47. The van der Waals surface area contributed by atoms with Crippen LogP contribution >= 0.6 is 0 Å². The summed E-state index contributed by atoms with van der Waals surface area (Å²) in [5, 5.41) is 2.82. The molecule has 0 aliphatic heterocycles. The van der Waals surface area contributed by atoms with E-state index in [9.17, 15) is 9.59 Å². The van der Waals surface area contributed by atoms with Crippen LogP contribution in [-0.2, 0) is 11.3 Å². The van der Waals surface area contributed by atoms with Gasteiger partial charge in [-0.15, -0.1) is 0 Å². The molecular formula is C16H20N4O2. The Labute approximate surface area is 129 Å². The van der Waals surface area contributed by atoms with E-state index in [0.29, 0.717) is 5.69 Å². The van der Waals surface area contributed by atoms with Crippen LogP contribution in [0.25, 0.3) is 0 Å². The molecule has 1 heterocycles. The van der Waals surface area contributed by atoms with E-state index in [0.717, 1.165) is 11.1 Å². The number of carbonyl (C=O) groups excluding carboxylic acids is 1. The fourth-order valence-electron chi connectivity index (χ4n) is 2.21. The third-order valence-corrected chi connectivity index (χ3v) is 3.34. The van der Waals surface area contributed by atoms with Crippen molar-refractivity contribution in [2.45, 2.75) is 19.5 Å². The predicted octanol–water partition coefficient (Wildman–Crippen LogP) is 0.997. The summed E-state index contributed by atoms with van der Waals surface area (Å²) in [6.07, 6.45) is 1.33. The van der Waals surface area contributed by atoms with Gasteiger partial charge in [0.15, 0.2) is 0 Å². The number of hydrogen-bond acceptors (Lipinski definition) is 4. The lowest BCUT2D eigenvalue weighted by atomic mass is 10.0. The van der Waals surface area contributed by atoms with Crippen molar-refractivity contribution < 1.29 is 4.79 Å². The Bertz CT molecular complexity index is 692. The van der Waals surface area contributed by atoms with Gasteiger partial charge in [-0.05, 0) is 26.6 Å². The van der Waals surface area contributed by atoms with E-state index in [2.05, 4.69) is 15.3 Å². The maximum absolute atomic E-state index is 12.5. The molecule has 0 bridgehead atoms. The van der Waals surface area contributed by atoms with Gasteiger partial charge in [0.05, 0.1) is 18.6 Å². The summed E-state index contributed by atoms with van der Waals surface area (Å²) >= 11 is 0. The summed E-state index contributed by atoms with van der Waals surface area (Å²) in [6, 6.07) is 8.85. The van der Waals surface area contributed by atoms with Crippen molar-refractivity contribution in [2.75, 3.05) is 14.1 Å². The quantitative estimate of drug-likeness (QED) is 0.863. The van der Waals surface area contributed by atoms with Crippen LogP contribution in [0.2, 0.25) is 0 Å². The largest absolute Gasteiger partial charge is 0.349 e. The number of aromatic amines is 1. The zero-order valence-corrected chi connectivity index (χ0v) is 13.0. The van der Waals surface area contributed by atoms with Crippen LogP contribution in [0.4, 0.5) is 0 Å². The van der Waals surface area contributed by atoms with Crippen molar-refractivity contribution >= 4 is 5.91 Å². The molecule has 0 saturated heterocycles. The summed E-state index contributed by atoms with van der Waals surface area (Å²) in [4.78, 5) is 32.0. The lowest BCUT2D eigenvalue weighted by molar-refractivity contribution is -0.126. The van der Waals surface area contributed by atoms with E-state index < -0.39 is 0 Å². The Kier molecular flexibility index (Phi) is 5.06. The Morgan fingerprint density at radius 1 is 1.32 bits per heavy atom. The van der Waals surface area contributed by atoms with Gasteiger partial charge in [0, 0.05) is 6.07 Å². The van der Waals surface area contributed by atoms with Crippen molar-refractivity contribution in [1.82, 2.24) is 20.2 Å². The SMILES string of the molecule is Cc1ccc([C@H](C(=O)NCc2cc(=O)[nH]cn2)N(C)C)cc1. The number of rotatable bonds is 5. The Morgan fingerprint density at radius 2 is 2.00 bits per heavy atom. The first-order valence-corrected chi connectivity index (χ1v) is 7.01. The number of nitrogens with one attached hydrogen (secondary N) is 2. The molecule has 1 atom stereocenters. The molecule has 2 rings (SSSR count). The number of aryl methyl sites for hydroxylation is 1. The highest BCUT2D eigenvalue weighted by Gasteiger charge is 2.22. The summed E-state index contributed by atoms with van der Waals surface area (Å²) in [7, 11) is 3.71. The molecule has 6 heteroatoms. The highest BCUT2D eigenvalue weighted by Crippen LogP contribution is 2.19. The lowest BCUT2D eigenvalue weighted by Gasteiger charge is -2.24. The van der Waals surface area contributed by atoms with Gasteiger partial charge in [-0.2, -0.15) is 0 Å². The minimum Gasteiger partial charge on any atom is -0.349 e. The minimum atomic E-state index is -0.386. The molecule has 0 unspecified atom stereocenters. The highest BCUT2D eigenvalue weighted by atomic mass is 16.2. The number of amides is 1. The van der Waals surface area contributed by atoms with Crippen LogP contribution < -0.4 is 10.9 Å². The van der Waals surface area contributed by atoms with Crippen LogP contribution in [0.3, 0.4) is 0 Å². The third-order valence-electron chi connectivity index (χ3n) is 3.34. The number of hydrogen-bond donors (Lipinski definition) is 2. The fourth-order valence-corrected chi connectivity index (χ4v) is 2.21. The van der Waals surface area contributed by atoms with Crippen LogP contribution in [-0.4, -0.2) is 34.9 Å². The van der Waals surface area contributed by atoms with Gasteiger partial charge in [0.1, 0.15) is 6.04 Å². The molecule has 0 aliphatic rings. The predicted molar refractivity (Wildman–Crippen MR) is 84.3 cm³/mol. The number of benzene rings is 1. The second-order valence-corrected chi connectivity index (χ2v) is 5.40. The van der Waals surface area contributed by atoms with Gasteiger partial charge in [0.25, 0.3) is 5.56 Å². The second-order valence-electron chi connectivity index (χ2n) is 5.40. The van der Waals surface area contributed by atoms with E-state index in [1.807, 2.05) is 50.2 Å². The molecule has 2 aromatic rings. The van der Waals surface area contributed by atoms with Crippen molar-refractivity contribution in [3.63, 3.8) is 0 Å². The molecule has 0 aliphatic carbocycles. The molecule has 2 N–H and O–H groups in total. The molecule has 116 valence electrons. The Hall–Kier alpha value is -2.47. The summed E-state index contributed by atoms with van der Waals surface area (Å²) in [5.74, 6) is -0.129. The first-order chi connectivity index (χ1) is 10.5. The van der Waals surface area contributed by atoms with Gasteiger partial charge in [-0.25, -0.2) is 4.98 Å². The number of aromatic nitrogens is 2. The molecular weight excluding hydrogens is 280 g/mol. The van der Waals surface area contributed by atoms with Gasteiger partial charge in [-0.1, -0.05) is 29.8 Å². The maximum Gasteiger partial charge on any atom is 0.250 e. The zero-order chi connectivity index (χ0) is 16.1. The van der Waals surface area contributed by atoms with Crippen LogP contribution in [0, 0.1) is 6.92 Å². The minimum absolute atomic E-state index is 0.129. The van der Waals surface area contributed by atoms with E-state index in [1.54, 1.807) is 0 Å². The van der Waals surface area contributed by atoms with Crippen molar-refractivity contribution in [3.05, 3.63) is 63.8 Å². The molecule has 1 aromatic carbocycles. The normalized spacial score (nSPS) is 12.2. The smallest absolute Gasteiger partial charge is 0.250 e. The topological polar surface area (TPSA) is 78.1 Å². The van der Waals surface area contributed by atoms with Gasteiger partial charge < -0.3 is 10.3 Å². The highest BCUT2D eigenvalue weighted by molar-refractivity contribution is 5.83. The molecule has 1 amide bonds. The average molecular weight is 300 g/mol. The number of H-pyrrole nitrogens is 1. The lowest BCUT2D eigenvalue weighted by Crippen LogP contribution is -2.37. The van der Waals surface area contributed by atoms with E-state index in [4.69, 9.17) is 0 Å². The van der Waals surface area contributed by atoms with Crippen molar-refractivity contribution in [3.8, 4) is 0 Å². The number of carbonyl (C=O) groups is 1. The fraction of sp³-hybridized carbons (Fsp3) is 0.312. The molecule has 0 fully saturated rings. The Morgan fingerprint density at radius 3 is 2.59 bits per heavy atom. The van der Waals surface area contributed by atoms with E-state index in [-0.39, 0.29) is 24.1 Å². The van der Waals surface area contributed by atoms with E-state index in [1.165, 1.54) is 12.4 Å². The summed E-state index contributed by atoms with van der Waals surface area (Å²) in [6.45, 7) is 2.23. The Balaban J connectivity index is 2.10. The van der Waals surface area contributed by atoms with Gasteiger partial charge in [0.2, 0.25) is 5.91 Å². The van der Waals surface area contributed by atoms with Crippen LogP contribution in [0.1, 0.15) is 22.9 Å². The second kappa shape index (κ2) is 7.00. The molecule has 0 spiro atoms. The summed E-state index contributed by atoms with van der Waals surface area (Å²) < 4.78 is 0. The van der Waals surface area contributed by atoms with E-state index >= 15 is 0 Å². The zero-order valence-electron chi connectivity index (χ0n) is 13.0. The third kappa shape index (κ3) is 4.02.